The molecule has 1 aliphatic rings. The molecule has 2 N–H and O–H groups in total. The Balaban J connectivity index is 1.80. The van der Waals surface area contributed by atoms with E-state index in [2.05, 4.69) is 4.72 Å². The molecule has 1 fully saturated rings. The lowest BCUT2D eigenvalue weighted by molar-refractivity contribution is 0.120. The third kappa shape index (κ3) is 3.86. The molecule has 0 bridgehead atoms. The van der Waals surface area contributed by atoms with Crippen molar-refractivity contribution in [1.82, 2.24) is 4.72 Å². The van der Waals surface area contributed by atoms with Crippen molar-refractivity contribution in [2.75, 3.05) is 0 Å². The average molecular weight is 345 g/mol. The second kappa shape index (κ2) is 7.05. The van der Waals surface area contributed by atoms with E-state index >= 15 is 0 Å². The van der Waals surface area contributed by atoms with E-state index < -0.39 is 10.0 Å². The first-order valence-corrected chi connectivity index (χ1v) is 9.80. The Morgan fingerprint density at radius 3 is 2.29 bits per heavy atom. The number of hydrogen-bond acceptors (Lipinski definition) is 3. The maximum absolute atomic E-state index is 12.6. The summed E-state index contributed by atoms with van der Waals surface area (Å²) in [6, 6.07) is 15.1. The number of aliphatic hydroxyl groups is 1. The third-order valence-corrected chi connectivity index (χ3v) is 6.13. The fourth-order valence-electron chi connectivity index (χ4n) is 3.23. The second-order valence-electron chi connectivity index (χ2n) is 6.47. The summed E-state index contributed by atoms with van der Waals surface area (Å²) in [5, 5.41) is 9.54. The van der Waals surface area contributed by atoms with Crippen LogP contribution in [0.2, 0.25) is 0 Å². The van der Waals surface area contributed by atoms with Crippen molar-refractivity contribution in [3.8, 4) is 11.1 Å². The van der Waals surface area contributed by atoms with E-state index in [9.17, 15) is 13.5 Å². The van der Waals surface area contributed by atoms with Crippen LogP contribution in [0.5, 0.6) is 0 Å². The largest absolute Gasteiger partial charge is 0.393 e. The van der Waals surface area contributed by atoms with Crippen LogP contribution >= 0.6 is 0 Å². The normalized spacial score (nSPS) is 21.6. The molecule has 5 heteroatoms. The molecule has 0 unspecified atom stereocenters. The Hall–Kier alpha value is -1.69. The Morgan fingerprint density at radius 2 is 1.67 bits per heavy atom. The Labute approximate surface area is 143 Å². The van der Waals surface area contributed by atoms with Gasteiger partial charge in [0.1, 0.15) is 0 Å². The predicted molar refractivity (Wildman–Crippen MR) is 95.2 cm³/mol. The molecule has 0 spiro atoms. The van der Waals surface area contributed by atoms with E-state index in [4.69, 9.17) is 0 Å². The molecule has 0 aromatic heterocycles. The maximum Gasteiger partial charge on any atom is 0.240 e. The van der Waals surface area contributed by atoms with Gasteiger partial charge in [0.2, 0.25) is 10.0 Å². The molecule has 0 heterocycles. The predicted octanol–water partition coefficient (Wildman–Crippen LogP) is 3.24. The van der Waals surface area contributed by atoms with Crippen molar-refractivity contribution < 1.29 is 13.5 Å². The van der Waals surface area contributed by atoms with Crippen molar-refractivity contribution in [2.45, 2.75) is 49.6 Å². The fourth-order valence-corrected chi connectivity index (χ4v) is 4.62. The molecule has 0 atom stereocenters. The lowest BCUT2D eigenvalue weighted by Crippen LogP contribution is -2.38. The van der Waals surface area contributed by atoms with Crippen molar-refractivity contribution in [2.24, 2.45) is 0 Å². The zero-order chi connectivity index (χ0) is 17.2. The number of benzene rings is 2. The van der Waals surface area contributed by atoms with Crippen LogP contribution in [-0.4, -0.2) is 25.7 Å². The summed E-state index contributed by atoms with van der Waals surface area (Å²) in [5.41, 5.74) is 3.05. The zero-order valence-corrected chi connectivity index (χ0v) is 14.6. The topological polar surface area (TPSA) is 66.4 Å². The number of aryl methyl sites for hydroxylation is 1. The quantitative estimate of drug-likeness (QED) is 0.894. The highest BCUT2D eigenvalue weighted by atomic mass is 32.2. The molecule has 0 aliphatic heterocycles. The summed E-state index contributed by atoms with van der Waals surface area (Å²) in [4.78, 5) is 0.297. The molecule has 2 aromatic rings. The van der Waals surface area contributed by atoms with Crippen LogP contribution in [0.1, 0.15) is 31.2 Å². The molecule has 0 radical (unpaired) electrons. The van der Waals surface area contributed by atoms with Crippen molar-refractivity contribution >= 4 is 10.0 Å². The number of nitrogens with one attached hydrogen (secondary N) is 1. The second-order valence-corrected chi connectivity index (χ2v) is 8.18. The Kier molecular flexibility index (Phi) is 5.04. The van der Waals surface area contributed by atoms with Crippen molar-refractivity contribution in [1.29, 1.82) is 0 Å². The zero-order valence-electron chi connectivity index (χ0n) is 13.8. The van der Waals surface area contributed by atoms with E-state index in [0.29, 0.717) is 30.6 Å². The van der Waals surface area contributed by atoms with Gasteiger partial charge in [-0.1, -0.05) is 36.4 Å². The van der Waals surface area contributed by atoms with E-state index in [1.54, 1.807) is 12.1 Å². The molecule has 128 valence electrons. The average Bonchev–Trinajstić information content (AvgIpc) is 2.57. The first-order chi connectivity index (χ1) is 11.5. The first kappa shape index (κ1) is 17.1. The summed E-state index contributed by atoms with van der Waals surface area (Å²) in [6.07, 6.45) is 2.37. The standard InChI is InChI=1S/C19H23NO3S/c1-14-13-18(11-12-19(14)15-5-3-2-4-6-15)24(22,23)20-16-7-9-17(21)10-8-16/h2-6,11-13,16-17,20-21H,7-10H2,1H3. The highest BCUT2D eigenvalue weighted by Crippen LogP contribution is 2.26. The lowest BCUT2D eigenvalue weighted by atomic mass is 9.94. The van der Waals surface area contributed by atoms with E-state index in [0.717, 1.165) is 16.7 Å². The molecule has 3 rings (SSSR count). The van der Waals surface area contributed by atoms with Gasteiger partial charge in [-0.15, -0.1) is 0 Å². The number of aliphatic hydroxyl groups excluding tert-OH is 1. The first-order valence-electron chi connectivity index (χ1n) is 8.32. The molecule has 1 aliphatic carbocycles. The maximum atomic E-state index is 12.6. The number of rotatable bonds is 4. The molecule has 0 amide bonds. The molecule has 0 saturated heterocycles. The molecule has 4 nitrogen and oxygen atoms in total. The summed E-state index contributed by atoms with van der Waals surface area (Å²) in [7, 11) is -3.53. The minimum absolute atomic E-state index is 0.0903. The highest BCUT2D eigenvalue weighted by molar-refractivity contribution is 7.89. The van der Waals surface area contributed by atoms with Crippen LogP contribution in [-0.2, 0) is 10.0 Å². The van der Waals surface area contributed by atoms with Gasteiger partial charge in [-0.25, -0.2) is 13.1 Å². The smallest absolute Gasteiger partial charge is 0.240 e. The van der Waals surface area contributed by atoms with Gasteiger partial charge in [0.15, 0.2) is 0 Å². The van der Waals surface area contributed by atoms with Gasteiger partial charge in [-0.2, -0.15) is 0 Å². The van der Waals surface area contributed by atoms with Gasteiger partial charge in [0, 0.05) is 6.04 Å². The molecular weight excluding hydrogens is 322 g/mol. The monoisotopic (exact) mass is 345 g/mol. The molecule has 1 saturated carbocycles. The van der Waals surface area contributed by atoms with Crippen LogP contribution in [0.4, 0.5) is 0 Å². The number of sulfonamides is 1. The van der Waals surface area contributed by atoms with Crippen LogP contribution in [0.15, 0.2) is 53.4 Å². The fraction of sp³-hybridized carbons (Fsp3) is 0.368. The molecule has 24 heavy (non-hydrogen) atoms. The van der Waals surface area contributed by atoms with Crippen LogP contribution in [0, 0.1) is 6.92 Å². The summed E-state index contributed by atoms with van der Waals surface area (Å²) < 4.78 is 28.0. The van der Waals surface area contributed by atoms with E-state index in [-0.39, 0.29) is 12.1 Å². The highest BCUT2D eigenvalue weighted by Gasteiger charge is 2.25. The summed E-state index contributed by atoms with van der Waals surface area (Å²) in [5.74, 6) is 0. The van der Waals surface area contributed by atoms with E-state index in [1.165, 1.54) is 0 Å². The molecule has 2 aromatic carbocycles. The van der Waals surface area contributed by atoms with Gasteiger partial charge >= 0.3 is 0 Å². The van der Waals surface area contributed by atoms with Gasteiger partial charge in [0.25, 0.3) is 0 Å². The summed E-state index contributed by atoms with van der Waals surface area (Å²) in [6.45, 7) is 1.93. The van der Waals surface area contributed by atoms with Crippen LogP contribution in [0.3, 0.4) is 0 Å². The van der Waals surface area contributed by atoms with Gasteiger partial charge in [-0.3, -0.25) is 0 Å². The molecular formula is C19H23NO3S. The SMILES string of the molecule is Cc1cc(S(=O)(=O)NC2CCC(O)CC2)ccc1-c1ccccc1. The minimum Gasteiger partial charge on any atom is -0.393 e. The third-order valence-electron chi connectivity index (χ3n) is 4.61. The van der Waals surface area contributed by atoms with E-state index in [1.807, 2.05) is 43.3 Å². The Bertz CT molecular complexity index is 795. The number of hydrogen-bond donors (Lipinski definition) is 2. The minimum atomic E-state index is -3.53. The van der Waals surface area contributed by atoms with Crippen LogP contribution in [0.25, 0.3) is 11.1 Å². The van der Waals surface area contributed by atoms with Gasteiger partial charge < -0.3 is 5.11 Å². The van der Waals surface area contributed by atoms with Gasteiger partial charge in [0.05, 0.1) is 11.0 Å². The summed E-state index contributed by atoms with van der Waals surface area (Å²) >= 11 is 0. The van der Waals surface area contributed by atoms with Gasteiger partial charge in [-0.05, 0) is 61.4 Å². The lowest BCUT2D eigenvalue weighted by Gasteiger charge is -2.26. The Morgan fingerprint density at radius 1 is 1.00 bits per heavy atom. The van der Waals surface area contributed by atoms with Crippen LogP contribution < -0.4 is 4.72 Å². The van der Waals surface area contributed by atoms with Crippen molar-refractivity contribution in [3.05, 3.63) is 54.1 Å². The van der Waals surface area contributed by atoms with Crippen molar-refractivity contribution in [3.63, 3.8) is 0 Å².